The largest absolute Gasteiger partial charge is 0.497 e. The van der Waals surface area contributed by atoms with E-state index in [0.717, 1.165) is 33.6 Å². The van der Waals surface area contributed by atoms with Crippen molar-refractivity contribution >= 4 is 16.6 Å². The molecule has 0 unspecified atom stereocenters. The van der Waals surface area contributed by atoms with Crippen molar-refractivity contribution in [3.63, 3.8) is 0 Å². The Labute approximate surface area is 124 Å². The van der Waals surface area contributed by atoms with E-state index >= 15 is 0 Å². The van der Waals surface area contributed by atoms with E-state index in [1.807, 2.05) is 42.5 Å². The molecule has 0 radical (unpaired) electrons. The first-order valence-electron chi connectivity index (χ1n) is 6.49. The molecule has 4 heteroatoms. The quantitative estimate of drug-likeness (QED) is 0.744. The molecule has 0 aliphatic heterocycles. The van der Waals surface area contributed by atoms with Crippen LogP contribution in [0.15, 0.2) is 48.5 Å². The minimum absolute atomic E-state index is 0. The number of hydrogen-bond acceptors (Lipinski definition) is 4. The number of benzene rings is 2. The average Bonchev–Trinajstić information content (AvgIpc) is 2.48. The number of fused-ring (bicyclic) bond motifs is 1. The predicted octanol–water partition coefficient (Wildman–Crippen LogP) is 3.96. The second-order valence-corrected chi connectivity index (χ2v) is 4.85. The van der Waals surface area contributed by atoms with E-state index in [-0.39, 0.29) is 6.15 Å². The molecule has 4 nitrogen and oxygen atoms in total. The zero-order valence-corrected chi connectivity index (χ0v) is 12.3. The van der Waals surface area contributed by atoms with E-state index in [4.69, 9.17) is 10.5 Å². The van der Waals surface area contributed by atoms with Crippen molar-refractivity contribution in [2.75, 3.05) is 12.8 Å². The number of aryl methyl sites for hydroxylation is 1. The molecule has 0 aliphatic rings. The van der Waals surface area contributed by atoms with Gasteiger partial charge in [0.1, 0.15) is 5.75 Å². The predicted molar refractivity (Wildman–Crippen MR) is 87.9 cm³/mol. The summed E-state index contributed by atoms with van der Waals surface area (Å²) in [6, 6.07) is 15.9. The topological polar surface area (TPSA) is 83.1 Å². The van der Waals surface area contributed by atoms with E-state index < -0.39 is 0 Å². The smallest absolute Gasteiger partial charge is 0.119 e. The van der Waals surface area contributed by atoms with Gasteiger partial charge in [-0.25, -0.2) is 4.98 Å². The van der Waals surface area contributed by atoms with Gasteiger partial charge < -0.3 is 16.6 Å². The molecule has 0 saturated heterocycles. The molecule has 3 rings (SSSR count). The van der Waals surface area contributed by atoms with Gasteiger partial charge in [-0.1, -0.05) is 23.8 Å². The maximum absolute atomic E-state index is 6.16. The van der Waals surface area contributed by atoms with Crippen LogP contribution in [0.5, 0.6) is 5.75 Å². The van der Waals surface area contributed by atoms with Gasteiger partial charge in [0.25, 0.3) is 0 Å². The van der Waals surface area contributed by atoms with Gasteiger partial charge >= 0.3 is 0 Å². The molecule has 0 bridgehead atoms. The lowest BCUT2D eigenvalue weighted by Crippen LogP contribution is -1.93. The number of nitrogen functional groups attached to an aromatic ring is 1. The van der Waals surface area contributed by atoms with Gasteiger partial charge in [-0.3, -0.25) is 0 Å². The Hall–Kier alpha value is -2.59. The van der Waals surface area contributed by atoms with Crippen LogP contribution in [0.3, 0.4) is 0 Å². The third-order valence-corrected chi connectivity index (χ3v) is 3.36. The highest BCUT2D eigenvalue weighted by molar-refractivity contribution is 5.93. The van der Waals surface area contributed by atoms with Crippen LogP contribution in [0.1, 0.15) is 5.56 Å². The lowest BCUT2D eigenvalue weighted by atomic mass is 10.1. The first-order valence-corrected chi connectivity index (χ1v) is 6.49. The minimum Gasteiger partial charge on any atom is -0.497 e. The van der Waals surface area contributed by atoms with Crippen LogP contribution >= 0.6 is 0 Å². The van der Waals surface area contributed by atoms with Crippen molar-refractivity contribution in [2.24, 2.45) is 0 Å². The fourth-order valence-corrected chi connectivity index (χ4v) is 2.30. The fraction of sp³-hybridized carbons (Fsp3) is 0.118. The normalized spacial score (nSPS) is 10.2. The number of nitrogens with zero attached hydrogens (tertiary/aromatic N) is 1. The van der Waals surface area contributed by atoms with E-state index in [1.54, 1.807) is 7.11 Å². The number of anilines is 1. The summed E-state index contributed by atoms with van der Waals surface area (Å²) < 4.78 is 5.25. The van der Waals surface area contributed by atoms with E-state index in [0.29, 0.717) is 0 Å². The van der Waals surface area contributed by atoms with Crippen LogP contribution in [-0.4, -0.2) is 12.1 Å². The summed E-state index contributed by atoms with van der Waals surface area (Å²) in [5.74, 6) is 0.812. The Morgan fingerprint density at radius 1 is 1.05 bits per heavy atom. The third-order valence-electron chi connectivity index (χ3n) is 3.36. The number of aromatic nitrogens is 1. The van der Waals surface area contributed by atoms with E-state index in [9.17, 15) is 0 Å². The number of ether oxygens (including phenoxy) is 1. The van der Waals surface area contributed by atoms with Crippen LogP contribution in [0.2, 0.25) is 0 Å². The number of rotatable bonds is 2. The molecule has 0 amide bonds. The molecule has 0 spiro atoms. The van der Waals surface area contributed by atoms with Crippen molar-refractivity contribution in [3.8, 4) is 17.0 Å². The first kappa shape index (κ1) is 14.8. The number of pyridine rings is 1. The Bertz CT molecular complexity index is 784. The van der Waals surface area contributed by atoms with Crippen molar-refractivity contribution < 1.29 is 4.74 Å². The van der Waals surface area contributed by atoms with Gasteiger partial charge in [0.2, 0.25) is 0 Å². The van der Waals surface area contributed by atoms with Gasteiger partial charge in [-0.15, -0.1) is 0 Å². The average molecular weight is 281 g/mol. The van der Waals surface area contributed by atoms with Gasteiger partial charge in [0.15, 0.2) is 0 Å². The fourth-order valence-electron chi connectivity index (χ4n) is 2.30. The Morgan fingerprint density at radius 2 is 1.86 bits per heavy atom. The van der Waals surface area contributed by atoms with Crippen LogP contribution in [0, 0.1) is 6.92 Å². The molecular weight excluding hydrogens is 262 g/mol. The molecule has 0 fully saturated rings. The van der Waals surface area contributed by atoms with Gasteiger partial charge in [0, 0.05) is 16.6 Å². The second-order valence-electron chi connectivity index (χ2n) is 4.85. The minimum atomic E-state index is 0. The molecule has 0 saturated carbocycles. The Kier molecular flexibility index (Phi) is 4.10. The van der Waals surface area contributed by atoms with Crippen LogP contribution < -0.4 is 16.6 Å². The molecule has 1 aromatic heterocycles. The molecule has 21 heavy (non-hydrogen) atoms. The maximum atomic E-state index is 6.16. The molecule has 0 aliphatic carbocycles. The highest BCUT2D eigenvalue weighted by atomic mass is 16.5. The summed E-state index contributed by atoms with van der Waals surface area (Å²) >= 11 is 0. The Morgan fingerprint density at radius 3 is 2.62 bits per heavy atom. The molecule has 2 aromatic carbocycles. The lowest BCUT2D eigenvalue weighted by molar-refractivity contribution is 0.415. The number of methoxy groups -OCH3 is 1. The molecule has 3 aromatic rings. The highest BCUT2D eigenvalue weighted by Gasteiger charge is 2.06. The highest BCUT2D eigenvalue weighted by Crippen LogP contribution is 2.28. The first-order chi connectivity index (χ1) is 9.67. The number of nitrogens with two attached hydrogens (primary N) is 1. The van der Waals surface area contributed by atoms with Gasteiger partial charge in [-0.2, -0.15) is 0 Å². The van der Waals surface area contributed by atoms with E-state index in [2.05, 4.69) is 18.0 Å². The zero-order chi connectivity index (χ0) is 14.1. The summed E-state index contributed by atoms with van der Waals surface area (Å²) in [6.45, 7) is 2.05. The second kappa shape index (κ2) is 5.81. The molecular formula is C17H19N3O. The molecule has 1 heterocycles. The molecule has 5 N–H and O–H groups in total. The van der Waals surface area contributed by atoms with Crippen LogP contribution in [0.4, 0.5) is 5.69 Å². The standard InChI is InChI=1S/C17H16N2O.H3N/c1-11-6-7-16-14(8-11)15(18)10-17(19-16)12-4-3-5-13(9-12)20-2;/h3-10H,1-2H3,(H2,18,19);1H3. The summed E-state index contributed by atoms with van der Waals surface area (Å²) in [4.78, 5) is 4.69. The monoisotopic (exact) mass is 281 g/mol. The van der Waals surface area contributed by atoms with Crippen LogP contribution in [-0.2, 0) is 0 Å². The summed E-state index contributed by atoms with van der Waals surface area (Å²) in [5, 5.41) is 0.997. The Balaban J connectivity index is 0.00000161. The van der Waals surface area contributed by atoms with Crippen molar-refractivity contribution in [1.82, 2.24) is 11.1 Å². The number of hydrogen-bond donors (Lipinski definition) is 2. The van der Waals surface area contributed by atoms with Crippen molar-refractivity contribution in [1.29, 1.82) is 0 Å². The van der Waals surface area contributed by atoms with E-state index in [1.165, 1.54) is 5.56 Å². The maximum Gasteiger partial charge on any atom is 0.119 e. The van der Waals surface area contributed by atoms with Crippen LogP contribution in [0.25, 0.3) is 22.2 Å². The lowest BCUT2D eigenvalue weighted by Gasteiger charge is -2.08. The molecule has 0 atom stereocenters. The van der Waals surface area contributed by atoms with Crippen molar-refractivity contribution in [2.45, 2.75) is 6.92 Å². The third kappa shape index (κ3) is 2.80. The van der Waals surface area contributed by atoms with Gasteiger partial charge in [-0.05, 0) is 37.3 Å². The SMILES string of the molecule is COc1cccc(-c2cc(N)c3cc(C)ccc3n2)c1.N. The summed E-state index contributed by atoms with van der Waals surface area (Å²) in [7, 11) is 1.66. The summed E-state index contributed by atoms with van der Waals surface area (Å²) in [6.07, 6.45) is 0. The zero-order valence-electron chi connectivity index (χ0n) is 12.3. The molecule has 108 valence electrons. The summed E-state index contributed by atoms with van der Waals surface area (Å²) in [5.41, 5.74) is 10.9. The van der Waals surface area contributed by atoms with Gasteiger partial charge in [0.05, 0.1) is 18.3 Å². The van der Waals surface area contributed by atoms with Crippen molar-refractivity contribution in [3.05, 3.63) is 54.1 Å².